The van der Waals surface area contributed by atoms with Gasteiger partial charge in [0.2, 0.25) is 5.89 Å². The molecule has 0 fully saturated rings. The van der Waals surface area contributed by atoms with Crippen LogP contribution in [-0.2, 0) is 0 Å². The first-order valence-corrected chi connectivity index (χ1v) is 8.83. The maximum atomic E-state index is 12.3. The lowest BCUT2D eigenvalue weighted by Crippen LogP contribution is -2.02. The van der Waals surface area contributed by atoms with E-state index in [2.05, 4.69) is 10.2 Å². The molecule has 7 heteroatoms. The minimum absolute atomic E-state index is 0.0788. The predicted molar refractivity (Wildman–Crippen MR) is 97.5 cm³/mol. The second kappa shape index (κ2) is 7.72. The third-order valence-electron chi connectivity index (χ3n) is 3.47. The third kappa shape index (κ3) is 4.21. The molecule has 1 aromatic heterocycles. The zero-order chi connectivity index (χ0) is 17.8. The number of methoxy groups -OCH3 is 1. The molecule has 0 radical (unpaired) electrons. The first kappa shape index (κ1) is 17.5. The lowest BCUT2D eigenvalue weighted by molar-refractivity contribution is 0.102. The highest BCUT2D eigenvalue weighted by atomic mass is 35.5. The van der Waals surface area contributed by atoms with Gasteiger partial charge in [-0.2, -0.15) is 0 Å². The Kier molecular flexibility index (Phi) is 5.40. The van der Waals surface area contributed by atoms with Crippen molar-refractivity contribution in [2.45, 2.75) is 12.1 Å². The largest absolute Gasteiger partial charge is 0.495 e. The van der Waals surface area contributed by atoms with Crippen LogP contribution in [0.4, 0.5) is 0 Å². The minimum Gasteiger partial charge on any atom is -0.495 e. The van der Waals surface area contributed by atoms with Gasteiger partial charge >= 0.3 is 0 Å². The van der Waals surface area contributed by atoms with Crippen molar-refractivity contribution in [1.29, 1.82) is 0 Å². The van der Waals surface area contributed by atoms with Crippen molar-refractivity contribution < 1.29 is 13.9 Å². The van der Waals surface area contributed by atoms with E-state index in [0.717, 1.165) is 11.1 Å². The Labute approximate surface area is 154 Å². The topological polar surface area (TPSA) is 65.2 Å². The van der Waals surface area contributed by atoms with Gasteiger partial charge in [0.15, 0.2) is 5.78 Å². The number of ether oxygens (including phenoxy) is 1. The van der Waals surface area contributed by atoms with Crippen molar-refractivity contribution in [3.05, 3.63) is 58.6 Å². The van der Waals surface area contributed by atoms with Gasteiger partial charge in [-0.25, -0.2) is 0 Å². The molecule has 128 valence electrons. The smallest absolute Gasteiger partial charge is 0.277 e. The van der Waals surface area contributed by atoms with E-state index in [1.54, 1.807) is 18.2 Å². The summed E-state index contributed by atoms with van der Waals surface area (Å²) in [6, 6.07) is 12.7. The summed E-state index contributed by atoms with van der Waals surface area (Å²) in [6.07, 6.45) is 0. The normalized spacial score (nSPS) is 10.7. The first-order valence-electron chi connectivity index (χ1n) is 7.47. The number of hydrogen-bond donors (Lipinski definition) is 0. The van der Waals surface area contributed by atoms with Crippen molar-refractivity contribution in [1.82, 2.24) is 10.2 Å². The maximum Gasteiger partial charge on any atom is 0.277 e. The number of thioether (sulfide) groups is 1. The monoisotopic (exact) mass is 374 g/mol. The van der Waals surface area contributed by atoms with Gasteiger partial charge in [0.05, 0.1) is 17.9 Å². The molecule has 0 atom stereocenters. The molecule has 0 amide bonds. The molecule has 1 heterocycles. The van der Waals surface area contributed by atoms with Gasteiger partial charge in [-0.3, -0.25) is 4.79 Å². The fourth-order valence-corrected chi connectivity index (χ4v) is 3.13. The van der Waals surface area contributed by atoms with Crippen molar-refractivity contribution in [2.75, 3.05) is 12.9 Å². The summed E-state index contributed by atoms with van der Waals surface area (Å²) < 4.78 is 10.7. The van der Waals surface area contributed by atoms with Crippen LogP contribution in [-0.4, -0.2) is 28.8 Å². The summed E-state index contributed by atoms with van der Waals surface area (Å²) in [7, 11) is 1.53. The van der Waals surface area contributed by atoms with Crippen LogP contribution in [0.1, 0.15) is 15.9 Å². The Bertz CT molecular complexity index is 911. The summed E-state index contributed by atoms with van der Waals surface area (Å²) >= 11 is 7.24. The maximum absolute atomic E-state index is 12.3. The molecule has 25 heavy (non-hydrogen) atoms. The van der Waals surface area contributed by atoms with Gasteiger partial charge < -0.3 is 9.15 Å². The van der Waals surface area contributed by atoms with Gasteiger partial charge in [-0.1, -0.05) is 41.1 Å². The van der Waals surface area contributed by atoms with Gasteiger partial charge in [-0.05, 0) is 37.3 Å². The van der Waals surface area contributed by atoms with Crippen LogP contribution in [0, 0.1) is 6.92 Å². The fraction of sp³-hybridized carbons (Fsp3) is 0.167. The summed E-state index contributed by atoms with van der Waals surface area (Å²) in [4.78, 5) is 12.3. The van der Waals surface area contributed by atoms with Crippen LogP contribution in [0.5, 0.6) is 5.75 Å². The molecule has 0 N–H and O–H groups in total. The zero-order valence-electron chi connectivity index (χ0n) is 13.7. The molecular formula is C18H15ClN2O3S. The summed E-state index contributed by atoms with van der Waals surface area (Å²) in [5.74, 6) is 1.07. The summed E-state index contributed by atoms with van der Waals surface area (Å²) in [5, 5.41) is 8.76. The minimum atomic E-state index is -0.0788. The molecule has 0 aliphatic carbocycles. The Balaban J connectivity index is 1.66. The van der Waals surface area contributed by atoms with Gasteiger partial charge in [0.25, 0.3) is 5.22 Å². The fourth-order valence-electron chi connectivity index (χ4n) is 2.21. The number of hydrogen-bond acceptors (Lipinski definition) is 6. The quantitative estimate of drug-likeness (QED) is 0.461. The van der Waals surface area contributed by atoms with Crippen molar-refractivity contribution in [3.63, 3.8) is 0 Å². The van der Waals surface area contributed by atoms with E-state index in [4.69, 9.17) is 20.8 Å². The van der Waals surface area contributed by atoms with E-state index < -0.39 is 0 Å². The van der Waals surface area contributed by atoms with E-state index >= 15 is 0 Å². The van der Waals surface area contributed by atoms with Crippen molar-refractivity contribution in [3.8, 4) is 17.2 Å². The van der Waals surface area contributed by atoms with Crippen LogP contribution >= 0.6 is 23.4 Å². The van der Waals surface area contributed by atoms with E-state index in [-0.39, 0.29) is 11.5 Å². The molecule has 3 aromatic rings. The van der Waals surface area contributed by atoms with Crippen LogP contribution in [0.3, 0.4) is 0 Å². The molecule has 0 bridgehead atoms. The lowest BCUT2D eigenvalue weighted by atomic mass is 10.1. The molecule has 0 unspecified atom stereocenters. The van der Waals surface area contributed by atoms with Gasteiger partial charge in [0.1, 0.15) is 5.75 Å². The zero-order valence-corrected chi connectivity index (χ0v) is 15.2. The first-order chi connectivity index (χ1) is 12.1. The number of benzene rings is 2. The van der Waals surface area contributed by atoms with Crippen LogP contribution in [0.25, 0.3) is 11.5 Å². The Hall–Kier alpha value is -2.31. The predicted octanol–water partition coefficient (Wildman–Crippen LogP) is 4.68. The number of carbonyl (C=O) groups excluding carboxylic acids is 1. The van der Waals surface area contributed by atoms with Gasteiger partial charge in [0, 0.05) is 11.1 Å². The van der Waals surface area contributed by atoms with E-state index in [1.807, 2.05) is 31.2 Å². The molecule has 3 rings (SSSR count). The Morgan fingerprint density at radius 2 is 2.08 bits per heavy atom. The standard InChI is InChI=1S/C18H15ClN2O3S/c1-11-4-3-5-13(8-11)17-20-21-18(24-17)25-10-15(22)12-6-7-16(23-2)14(19)9-12/h3-9H,10H2,1-2H3. The highest BCUT2D eigenvalue weighted by Crippen LogP contribution is 2.27. The second-order valence-corrected chi connectivity index (χ2v) is 6.64. The molecule has 5 nitrogen and oxygen atoms in total. The van der Waals surface area contributed by atoms with Crippen LogP contribution in [0.2, 0.25) is 5.02 Å². The lowest BCUT2D eigenvalue weighted by Gasteiger charge is -2.04. The van der Waals surface area contributed by atoms with E-state index in [1.165, 1.54) is 18.9 Å². The number of aromatic nitrogens is 2. The number of aryl methyl sites for hydroxylation is 1. The Morgan fingerprint density at radius 3 is 2.80 bits per heavy atom. The van der Waals surface area contributed by atoms with Crippen molar-refractivity contribution >= 4 is 29.1 Å². The van der Waals surface area contributed by atoms with E-state index in [0.29, 0.717) is 27.4 Å². The van der Waals surface area contributed by atoms with E-state index in [9.17, 15) is 4.79 Å². The average Bonchev–Trinajstić information content (AvgIpc) is 3.08. The van der Waals surface area contributed by atoms with Crippen LogP contribution in [0.15, 0.2) is 52.1 Å². The summed E-state index contributed by atoms with van der Waals surface area (Å²) in [6.45, 7) is 1.99. The average molecular weight is 375 g/mol. The molecule has 0 aliphatic heterocycles. The molecule has 2 aromatic carbocycles. The Morgan fingerprint density at radius 1 is 1.24 bits per heavy atom. The summed E-state index contributed by atoms with van der Waals surface area (Å²) in [5.41, 5.74) is 2.47. The van der Waals surface area contributed by atoms with Gasteiger partial charge in [-0.15, -0.1) is 10.2 Å². The SMILES string of the molecule is COc1ccc(C(=O)CSc2nnc(-c3cccc(C)c3)o2)cc1Cl. The molecule has 0 saturated heterocycles. The highest BCUT2D eigenvalue weighted by molar-refractivity contribution is 7.99. The molecule has 0 saturated carbocycles. The number of Topliss-reactive ketones (excluding diaryl/α,β-unsaturated/α-hetero) is 1. The third-order valence-corrected chi connectivity index (χ3v) is 4.59. The number of halogens is 1. The number of ketones is 1. The molecule has 0 spiro atoms. The number of rotatable bonds is 6. The number of nitrogens with zero attached hydrogens (tertiary/aromatic N) is 2. The van der Waals surface area contributed by atoms with Crippen molar-refractivity contribution in [2.24, 2.45) is 0 Å². The highest BCUT2D eigenvalue weighted by Gasteiger charge is 2.14. The van der Waals surface area contributed by atoms with Crippen LogP contribution < -0.4 is 4.74 Å². The molecule has 0 aliphatic rings. The second-order valence-electron chi connectivity index (χ2n) is 5.30. The molecular weight excluding hydrogens is 360 g/mol. The number of carbonyl (C=O) groups is 1.